The molecule has 3 N–H and O–H groups in total. The third kappa shape index (κ3) is 6.68. The predicted octanol–water partition coefficient (Wildman–Crippen LogP) is 4.66. The van der Waals surface area contributed by atoms with Crippen LogP contribution in [0.5, 0.6) is 17.2 Å². The molecule has 34 heavy (non-hydrogen) atoms. The van der Waals surface area contributed by atoms with Crippen molar-refractivity contribution in [2.75, 3.05) is 18.9 Å². The fraction of sp³-hybridized carbons (Fsp3) is 0.240. The van der Waals surface area contributed by atoms with Gasteiger partial charge in [0.15, 0.2) is 11.6 Å². The molecular formula is C25H27FN4O4. The number of para-hydroxylation sites is 1. The van der Waals surface area contributed by atoms with E-state index in [1.165, 1.54) is 37.5 Å². The van der Waals surface area contributed by atoms with E-state index < -0.39 is 11.8 Å². The number of carbonyl (C=O) groups excluding carboxylic acids is 2. The second-order valence-electron chi connectivity index (χ2n) is 7.45. The van der Waals surface area contributed by atoms with Crippen molar-refractivity contribution in [2.45, 2.75) is 26.4 Å². The number of aryl methyl sites for hydroxylation is 1. The van der Waals surface area contributed by atoms with Gasteiger partial charge in [0.25, 0.3) is 5.91 Å². The summed E-state index contributed by atoms with van der Waals surface area (Å²) in [5.41, 5.74) is 1.42. The number of aromatic nitrogens is 1. The van der Waals surface area contributed by atoms with Crippen LogP contribution in [0.15, 0.2) is 60.8 Å². The first-order valence-electron chi connectivity index (χ1n) is 10.8. The smallest absolute Gasteiger partial charge is 0.319 e. The summed E-state index contributed by atoms with van der Waals surface area (Å²) in [4.78, 5) is 27.9. The Bertz CT molecular complexity index is 1160. The number of nitrogens with zero attached hydrogens (tertiary/aromatic N) is 1. The van der Waals surface area contributed by atoms with Gasteiger partial charge in [-0.15, -0.1) is 0 Å². The largest absolute Gasteiger partial charge is 0.488 e. The number of amides is 3. The molecule has 1 unspecified atom stereocenters. The normalized spacial score (nSPS) is 11.3. The minimum atomic E-state index is -0.676. The van der Waals surface area contributed by atoms with Gasteiger partial charge in [-0.3, -0.25) is 9.78 Å². The molecule has 0 saturated heterocycles. The van der Waals surface area contributed by atoms with Crippen LogP contribution in [0.2, 0.25) is 0 Å². The molecule has 1 aromatic heterocycles. The molecule has 1 heterocycles. The van der Waals surface area contributed by atoms with Crippen LogP contribution in [0.1, 0.15) is 29.4 Å². The van der Waals surface area contributed by atoms with Gasteiger partial charge in [0, 0.05) is 31.1 Å². The van der Waals surface area contributed by atoms with Gasteiger partial charge >= 0.3 is 6.03 Å². The van der Waals surface area contributed by atoms with Crippen LogP contribution in [-0.2, 0) is 0 Å². The van der Waals surface area contributed by atoms with E-state index in [0.717, 1.165) is 17.4 Å². The van der Waals surface area contributed by atoms with Crippen molar-refractivity contribution in [1.29, 1.82) is 0 Å². The van der Waals surface area contributed by atoms with Crippen LogP contribution in [0, 0.1) is 12.7 Å². The predicted molar refractivity (Wildman–Crippen MR) is 127 cm³/mol. The zero-order valence-corrected chi connectivity index (χ0v) is 19.2. The topological polar surface area (TPSA) is 102 Å². The maximum atomic E-state index is 14.5. The number of nitrogens with one attached hydrogen (secondary N) is 3. The molecular weight excluding hydrogens is 439 g/mol. The Morgan fingerprint density at radius 1 is 1.09 bits per heavy atom. The van der Waals surface area contributed by atoms with Gasteiger partial charge in [-0.2, -0.15) is 0 Å². The van der Waals surface area contributed by atoms with Crippen molar-refractivity contribution >= 4 is 17.6 Å². The lowest BCUT2D eigenvalue weighted by Gasteiger charge is -2.19. The number of urea groups is 1. The highest BCUT2D eigenvalue weighted by atomic mass is 19.1. The van der Waals surface area contributed by atoms with Crippen molar-refractivity contribution in [2.24, 2.45) is 0 Å². The van der Waals surface area contributed by atoms with Crippen LogP contribution in [-0.4, -0.2) is 36.6 Å². The van der Waals surface area contributed by atoms with Crippen LogP contribution in [0.3, 0.4) is 0 Å². The van der Waals surface area contributed by atoms with Crippen molar-refractivity contribution in [3.05, 3.63) is 77.9 Å². The molecule has 3 rings (SSSR count). The fourth-order valence-electron chi connectivity index (χ4n) is 3.03. The third-order valence-corrected chi connectivity index (χ3v) is 4.94. The monoisotopic (exact) mass is 466 g/mol. The average molecular weight is 467 g/mol. The van der Waals surface area contributed by atoms with Gasteiger partial charge in [0.1, 0.15) is 23.3 Å². The fourth-order valence-corrected chi connectivity index (χ4v) is 3.03. The number of halogens is 1. The molecule has 178 valence electrons. The summed E-state index contributed by atoms with van der Waals surface area (Å²) < 4.78 is 26.0. The number of hydrogen-bond acceptors (Lipinski definition) is 5. The van der Waals surface area contributed by atoms with Crippen molar-refractivity contribution in [3.8, 4) is 17.2 Å². The zero-order valence-electron chi connectivity index (χ0n) is 19.2. The summed E-state index contributed by atoms with van der Waals surface area (Å²) in [6.45, 7) is 4.22. The maximum Gasteiger partial charge on any atom is 0.319 e. The summed E-state index contributed by atoms with van der Waals surface area (Å²) >= 11 is 0. The standard InChI is InChI=1S/C25H27FN4O4/c1-4-18(33-22-8-6-5-7-16(22)2)15-29-25(32)30-17-9-10-23(20(26)13-17)34-19-11-12-28-21(14-19)24(31)27-3/h5-14,18H,4,15H2,1-3H3,(H,27,31)(H2,29,30,32). The Hall–Kier alpha value is -4.14. The van der Waals surface area contributed by atoms with Crippen molar-refractivity contribution in [1.82, 2.24) is 15.6 Å². The second kappa shape index (κ2) is 11.6. The Morgan fingerprint density at radius 3 is 2.59 bits per heavy atom. The number of anilines is 1. The SMILES string of the molecule is CCC(CNC(=O)Nc1ccc(Oc2ccnc(C(=O)NC)c2)c(F)c1)Oc1ccccc1C. The number of pyridine rings is 1. The maximum absolute atomic E-state index is 14.5. The zero-order chi connectivity index (χ0) is 24.5. The summed E-state index contributed by atoms with van der Waals surface area (Å²) in [5.74, 6) is -0.0923. The Kier molecular flexibility index (Phi) is 8.39. The molecule has 3 amide bonds. The molecule has 0 saturated carbocycles. The average Bonchev–Trinajstić information content (AvgIpc) is 2.84. The lowest BCUT2D eigenvalue weighted by atomic mass is 10.2. The highest BCUT2D eigenvalue weighted by Crippen LogP contribution is 2.27. The highest BCUT2D eigenvalue weighted by Gasteiger charge is 2.13. The van der Waals surface area contributed by atoms with E-state index in [1.54, 1.807) is 0 Å². The lowest BCUT2D eigenvalue weighted by Crippen LogP contribution is -2.37. The van der Waals surface area contributed by atoms with Crippen LogP contribution < -0.4 is 25.4 Å². The van der Waals surface area contributed by atoms with Crippen molar-refractivity contribution < 1.29 is 23.5 Å². The van der Waals surface area contributed by atoms with Gasteiger partial charge < -0.3 is 25.4 Å². The van der Waals surface area contributed by atoms with E-state index >= 15 is 0 Å². The number of benzene rings is 2. The Morgan fingerprint density at radius 2 is 1.88 bits per heavy atom. The second-order valence-corrected chi connectivity index (χ2v) is 7.45. The summed E-state index contributed by atoms with van der Waals surface area (Å²) in [5, 5.41) is 7.80. The Labute approximate surface area is 197 Å². The van der Waals surface area contributed by atoms with E-state index in [9.17, 15) is 14.0 Å². The molecule has 0 bridgehead atoms. The minimum absolute atomic E-state index is 0.0577. The molecule has 2 aromatic carbocycles. The van der Waals surface area contributed by atoms with Gasteiger partial charge in [-0.1, -0.05) is 25.1 Å². The van der Waals surface area contributed by atoms with Crippen molar-refractivity contribution in [3.63, 3.8) is 0 Å². The molecule has 0 fully saturated rings. The molecule has 0 radical (unpaired) electrons. The number of ether oxygens (including phenoxy) is 2. The molecule has 0 spiro atoms. The van der Waals surface area contributed by atoms with Gasteiger partial charge in [0.05, 0.1) is 6.54 Å². The number of carbonyl (C=O) groups is 2. The summed E-state index contributed by atoms with van der Waals surface area (Å²) in [7, 11) is 1.48. The quantitative estimate of drug-likeness (QED) is 0.426. The first-order valence-corrected chi connectivity index (χ1v) is 10.8. The minimum Gasteiger partial charge on any atom is -0.488 e. The van der Waals surface area contributed by atoms with Gasteiger partial charge in [-0.05, 0) is 43.2 Å². The van der Waals surface area contributed by atoms with E-state index in [1.807, 2.05) is 38.1 Å². The van der Waals surface area contributed by atoms with Crippen LogP contribution in [0.25, 0.3) is 0 Å². The molecule has 1 atom stereocenters. The van der Waals surface area contributed by atoms with Gasteiger partial charge in [0.2, 0.25) is 0 Å². The Balaban J connectivity index is 1.56. The summed E-state index contributed by atoms with van der Waals surface area (Å²) in [6.07, 6.45) is 1.88. The molecule has 0 aliphatic heterocycles. The first-order chi connectivity index (χ1) is 16.4. The molecule has 8 nitrogen and oxygen atoms in total. The third-order valence-electron chi connectivity index (χ3n) is 4.94. The van der Waals surface area contributed by atoms with Crippen LogP contribution >= 0.6 is 0 Å². The first kappa shape index (κ1) is 24.5. The highest BCUT2D eigenvalue weighted by molar-refractivity contribution is 5.92. The molecule has 3 aromatic rings. The molecule has 9 heteroatoms. The van der Waals surface area contributed by atoms with Gasteiger partial charge in [-0.25, -0.2) is 9.18 Å². The lowest BCUT2D eigenvalue weighted by molar-refractivity contribution is 0.0958. The van der Waals surface area contributed by atoms with E-state index in [-0.39, 0.29) is 41.4 Å². The molecule has 0 aliphatic carbocycles. The van der Waals surface area contributed by atoms with E-state index in [4.69, 9.17) is 9.47 Å². The van der Waals surface area contributed by atoms with Crippen LogP contribution in [0.4, 0.5) is 14.9 Å². The van der Waals surface area contributed by atoms with E-state index in [2.05, 4.69) is 20.9 Å². The molecule has 0 aliphatic rings. The summed E-state index contributed by atoms with van der Waals surface area (Å²) in [6, 6.07) is 14.2. The van der Waals surface area contributed by atoms with E-state index in [0.29, 0.717) is 6.42 Å². The number of hydrogen-bond donors (Lipinski definition) is 3. The number of rotatable bonds is 9.